The number of nitrogens with one attached hydrogen (secondary N) is 12. The molecule has 4 aliphatic rings. The average molecular weight is 1950 g/mol. The van der Waals surface area contributed by atoms with E-state index in [0.717, 1.165) is 18.4 Å². The lowest BCUT2D eigenvalue weighted by Crippen LogP contribution is -2.64. The fourth-order valence-corrected chi connectivity index (χ4v) is 15.6. The number of benzene rings is 1. The predicted molar refractivity (Wildman–Crippen MR) is 481 cm³/mol. The first-order valence-corrected chi connectivity index (χ1v) is 47.7. The molecule has 0 bridgehead atoms. The number of hydrogen-bond acceptors (Lipinski definition) is 34. The smallest absolute Gasteiger partial charge is 0.306 e. The van der Waals surface area contributed by atoms with E-state index in [1.165, 1.54) is 27.7 Å². The minimum Gasteiger partial charge on any atom is -0.461 e. The SMILES string of the molecule is CC(=O)N[C@H]1[C@H](OCCCCCCNC(=O)CCC(NC(=O)CCC(NC(=O)CCC(NC(=O)CCCC(=O)NCCCCCCC(=O)OCc2ccccc2)C(=O)NCCCCCCO[C@@H]2O[C@H](CO)[C@H](O)[C@H](O)[C@H]2NC(C)=O)C(=O)NCCCCCCO[C@@H]2O[C@H](CO)[C@H](O)[C@H](O)[C@H]2NC(C)=O)C(=O)NCCCCCCO[C@@H]2O[C@H](CO)[C@H](O)[C@H](O)[C@H]2NC(C)=O)O[C@H](CO)[C@H](O)[C@@H]1O. The molecule has 776 valence electrons. The Labute approximate surface area is 792 Å². The minimum absolute atomic E-state index is 0.0437. The molecule has 0 aliphatic carbocycles. The zero-order valence-electron chi connectivity index (χ0n) is 78.6. The molecule has 46 heteroatoms. The second-order valence-corrected chi connectivity index (χ2v) is 34.6. The third-order valence-electron chi connectivity index (χ3n) is 23.3. The molecule has 0 radical (unpaired) electrons. The van der Waals surface area contributed by atoms with Gasteiger partial charge in [-0.2, -0.15) is 0 Å². The van der Waals surface area contributed by atoms with E-state index in [2.05, 4.69) is 63.8 Å². The van der Waals surface area contributed by atoms with Gasteiger partial charge in [-0.3, -0.25) is 62.3 Å². The van der Waals surface area contributed by atoms with Crippen molar-refractivity contribution >= 4 is 76.9 Å². The molecule has 1 aromatic carbocycles. The number of hydrogen-bond donors (Lipinski definition) is 24. The van der Waals surface area contributed by atoms with Gasteiger partial charge in [-0.15, -0.1) is 0 Å². The number of unbranched alkanes of at least 4 members (excludes halogenated alkanes) is 15. The summed E-state index contributed by atoms with van der Waals surface area (Å²) in [6.45, 7) is 3.62. The van der Waals surface area contributed by atoms with Gasteiger partial charge in [0.15, 0.2) is 25.2 Å². The summed E-state index contributed by atoms with van der Waals surface area (Å²) in [4.78, 5) is 171. The highest BCUT2D eigenvalue weighted by Gasteiger charge is 2.49. The van der Waals surface area contributed by atoms with Crippen LogP contribution in [0.25, 0.3) is 0 Å². The molecule has 23 atom stereocenters. The molecule has 5 rings (SSSR count). The maximum Gasteiger partial charge on any atom is 0.306 e. The van der Waals surface area contributed by atoms with E-state index in [1.54, 1.807) is 0 Å². The van der Waals surface area contributed by atoms with Crippen LogP contribution >= 0.6 is 0 Å². The largest absolute Gasteiger partial charge is 0.461 e. The normalized spacial score (nSPS) is 25.5. The number of aliphatic hydroxyl groups excluding tert-OH is 12. The first kappa shape index (κ1) is 118. The van der Waals surface area contributed by atoms with Crippen molar-refractivity contribution in [3.05, 3.63) is 35.9 Å². The highest BCUT2D eigenvalue weighted by Crippen LogP contribution is 2.28. The molecular formula is C90H152N12O34. The molecule has 0 aromatic heterocycles. The zero-order chi connectivity index (χ0) is 99.9. The number of carbonyl (C=O) groups is 13. The molecule has 4 aliphatic heterocycles. The Morgan fingerprint density at radius 1 is 0.301 bits per heavy atom. The number of aliphatic hydroxyl groups is 12. The van der Waals surface area contributed by atoms with Gasteiger partial charge in [0.1, 0.15) is 122 Å². The lowest BCUT2D eigenvalue weighted by molar-refractivity contribution is -0.270. The molecule has 3 unspecified atom stereocenters. The van der Waals surface area contributed by atoms with Crippen LogP contribution < -0.4 is 63.8 Å². The Morgan fingerprint density at radius 2 is 0.559 bits per heavy atom. The Bertz CT molecular complexity index is 3710. The molecule has 1 aromatic rings. The van der Waals surface area contributed by atoms with E-state index < -0.39 is 245 Å². The maximum absolute atomic E-state index is 14.4. The number of rotatable bonds is 68. The van der Waals surface area contributed by atoms with Gasteiger partial charge in [-0.05, 0) is 95.5 Å². The van der Waals surface area contributed by atoms with Crippen LogP contribution in [0, 0.1) is 0 Å². The van der Waals surface area contributed by atoms with E-state index in [0.29, 0.717) is 122 Å². The molecular weight excluding hydrogens is 1790 g/mol. The third kappa shape index (κ3) is 45.2. The van der Waals surface area contributed by atoms with Crippen molar-refractivity contribution in [1.29, 1.82) is 0 Å². The summed E-state index contributed by atoms with van der Waals surface area (Å²) < 4.78 is 51.2. The van der Waals surface area contributed by atoms with Crippen molar-refractivity contribution in [3.8, 4) is 0 Å². The Balaban J connectivity index is 1.26. The molecule has 4 saturated heterocycles. The molecule has 46 nitrogen and oxygen atoms in total. The molecule has 0 spiro atoms. The van der Waals surface area contributed by atoms with Crippen LogP contribution in [0.2, 0.25) is 0 Å². The molecule has 24 N–H and O–H groups in total. The van der Waals surface area contributed by atoms with Gasteiger partial charge in [0.05, 0.1) is 26.4 Å². The van der Waals surface area contributed by atoms with Crippen LogP contribution in [-0.4, -0.2) is 364 Å². The Morgan fingerprint density at radius 3 is 0.853 bits per heavy atom. The first-order valence-electron chi connectivity index (χ1n) is 47.7. The van der Waals surface area contributed by atoms with Crippen LogP contribution in [0.5, 0.6) is 0 Å². The Kier molecular flexibility index (Phi) is 58.1. The zero-order valence-corrected chi connectivity index (χ0v) is 78.6. The molecule has 4 heterocycles. The highest BCUT2D eigenvalue weighted by molar-refractivity contribution is 5.91. The van der Waals surface area contributed by atoms with Gasteiger partial charge in [-0.1, -0.05) is 94.5 Å². The van der Waals surface area contributed by atoms with E-state index in [-0.39, 0.29) is 122 Å². The van der Waals surface area contributed by atoms with Gasteiger partial charge in [0, 0.05) is 125 Å². The van der Waals surface area contributed by atoms with Crippen molar-refractivity contribution < 1.29 is 166 Å². The summed E-state index contributed by atoms with van der Waals surface area (Å²) in [5, 5.41) is 155. The van der Waals surface area contributed by atoms with Gasteiger partial charge in [-0.25, -0.2) is 0 Å². The predicted octanol–water partition coefficient (Wildman–Crippen LogP) is -4.69. The minimum atomic E-state index is -1.52. The van der Waals surface area contributed by atoms with Crippen LogP contribution in [0.15, 0.2) is 30.3 Å². The summed E-state index contributed by atoms with van der Waals surface area (Å²) in [7, 11) is 0. The van der Waals surface area contributed by atoms with E-state index in [4.69, 9.17) is 42.6 Å². The number of amides is 12. The van der Waals surface area contributed by atoms with Crippen molar-refractivity contribution in [2.24, 2.45) is 0 Å². The lowest BCUT2D eigenvalue weighted by atomic mass is 9.97. The average Bonchev–Trinajstić information content (AvgIpc) is 0.820. The summed E-state index contributed by atoms with van der Waals surface area (Å²) in [5.41, 5.74) is 0.880. The quantitative estimate of drug-likeness (QED) is 0.0215. The van der Waals surface area contributed by atoms with E-state index in [9.17, 15) is 124 Å². The lowest BCUT2D eigenvalue weighted by Gasteiger charge is -2.42. The third-order valence-corrected chi connectivity index (χ3v) is 23.3. The van der Waals surface area contributed by atoms with E-state index in [1.807, 2.05) is 30.3 Å². The molecule has 12 amide bonds. The van der Waals surface area contributed by atoms with Gasteiger partial charge in [0.25, 0.3) is 0 Å². The molecule has 0 saturated carbocycles. The maximum atomic E-state index is 14.4. The van der Waals surface area contributed by atoms with Crippen molar-refractivity contribution in [2.45, 2.75) is 368 Å². The van der Waals surface area contributed by atoms with Crippen LogP contribution in [0.4, 0.5) is 0 Å². The van der Waals surface area contributed by atoms with Crippen LogP contribution in [-0.2, 0) is 112 Å². The summed E-state index contributed by atoms with van der Waals surface area (Å²) in [6, 6.07) is 0.628. The van der Waals surface area contributed by atoms with E-state index >= 15 is 0 Å². The van der Waals surface area contributed by atoms with Gasteiger partial charge < -0.3 is 168 Å². The second kappa shape index (κ2) is 67.0. The molecule has 136 heavy (non-hydrogen) atoms. The summed E-state index contributed by atoms with van der Waals surface area (Å²) in [5.74, 6) is -7.45. The number of esters is 1. The first-order chi connectivity index (χ1) is 65.2. The highest BCUT2D eigenvalue weighted by atomic mass is 16.7. The topological polar surface area (TPSA) is 692 Å². The van der Waals surface area contributed by atoms with Crippen molar-refractivity contribution in [2.75, 3.05) is 85.6 Å². The van der Waals surface area contributed by atoms with Gasteiger partial charge in [0.2, 0.25) is 70.9 Å². The monoisotopic (exact) mass is 1950 g/mol. The number of ether oxygens (including phenoxy) is 9. The van der Waals surface area contributed by atoms with Crippen LogP contribution in [0.3, 0.4) is 0 Å². The van der Waals surface area contributed by atoms with Crippen molar-refractivity contribution in [3.63, 3.8) is 0 Å². The summed E-state index contributed by atoms with van der Waals surface area (Å²) in [6.07, 6.45) is -13.1. The summed E-state index contributed by atoms with van der Waals surface area (Å²) >= 11 is 0. The fourth-order valence-electron chi connectivity index (χ4n) is 15.6. The number of carbonyl (C=O) groups excluding carboxylic acids is 13. The fraction of sp³-hybridized carbons (Fsp3) is 0.789. The second-order valence-electron chi connectivity index (χ2n) is 34.6. The Hall–Kier alpha value is -8.47. The van der Waals surface area contributed by atoms with Crippen molar-refractivity contribution in [1.82, 2.24) is 63.8 Å². The van der Waals surface area contributed by atoms with Gasteiger partial charge >= 0.3 is 5.97 Å². The standard InChI is InChI=1S/C90H152N12O34/c1-54(107)96-72-80(121)76(117)62(49-103)133-87(72)128-45-24-11-7-20-41-92-67(112)37-34-59(84(125)93-42-21-8-12-25-46-129-88-73(97-55(2)108)81(122)77(118)63(50-104)134-88)101-69(114)39-36-61(86(127)95-44-23-10-14-27-48-131-90-75(99-57(4)110)83(124)79(120)65(52-106)136-90)102-70(115)38-35-60(85(126)94-43-22-9-13-26-47-130-89-74(98-56(3)109)82(123)78(119)64(51-105)135-89)100-68(113)32-28-31-66(111)91-40-19-6-5-18-33-71(116)132-53-58-29-16-15-17-30-58/h15-17,29-30,59-65,72-83,87-90,103-106,117-124H,5-14,18-28,31-53H2,1-4H3,(H,91,111)(H,92,112)(H,93,125)(H,94,126)(H,95,127)(H,96,107)(H,97,108)(H,98,109)(H,99,110)(H,100,113)(H,101,114)(H,102,115)/t59?,60?,61?,62-,63-,64-,65-,72-,73-,74-,75-,76+,77+,78+,79+,80-,81-,82-,83-,87-,88-,89-,90-/m1/s1. The molecule has 4 fully saturated rings. The van der Waals surface area contributed by atoms with Crippen LogP contribution in [0.1, 0.15) is 226 Å².